The molecule has 0 saturated carbocycles. The number of nitrogens with one attached hydrogen (secondary N) is 2. The van der Waals surface area contributed by atoms with Crippen molar-refractivity contribution in [1.29, 1.82) is 0 Å². The van der Waals surface area contributed by atoms with E-state index in [9.17, 15) is 18.0 Å². The SMILES string of the molecule is O=C(COc1ccc2ccccc2c1)NNC(=O)CC1CCS(=O)(=O)C1. The van der Waals surface area contributed by atoms with Gasteiger partial charge in [-0.1, -0.05) is 30.3 Å². The van der Waals surface area contributed by atoms with E-state index in [1.165, 1.54) is 0 Å². The zero-order valence-corrected chi connectivity index (χ0v) is 14.9. The van der Waals surface area contributed by atoms with Crippen LogP contribution in [-0.2, 0) is 19.4 Å². The Labute approximate surface area is 151 Å². The van der Waals surface area contributed by atoms with Crippen molar-refractivity contribution in [3.63, 3.8) is 0 Å². The summed E-state index contributed by atoms with van der Waals surface area (Å²) < 4.78 is 28.2. The standard InChI is InChI=1S/C18H20N2O5S/c21-17(9-13-7-8-26(23,24)12-13)19-20-18(22)11-25-16-6-5-14-3-1-2-4-15(14)10-16/h1-6,10,13H,7-9,11-12H2,(H,19,21)(H,20,22). The molecule has 2 aromatic carbocycles. The van der Waals surface area contributed by atoms with E-state index in [4.69, 9.17) is 4.74 Å². The normalized spacial score (nSPS) is 18.4. The van der Waals surface area contributed by atoms with E-state index in [0.717, 1.165) is 10.8 Å². The molecule has 138 valence electrons. The van der Waals surface area contributed by atoms with E-state index in [1.54, 1.807) is 6.07 Å². The van der Waals surface area contributed by atoms with Crippen LogP contribution in [0.25, 0.3) is 10.8 Å². The predicted octanol–water partition coefficient (Wildman–Crippen LogP) is 1.19. The number of hydrogen-bond donors (Lipinski definition) is 2. The molecular weight excluding hydrogens is 356 g/mol. The molecule has 26 heavy (non-hydrogen) atoms. The Morgan fingerprint density at radius 3 is 2.50 bits per heavy atom. The summed E-state index contributed by atoms with van der Waals surface area (Å²) >= 11 is 0. The van der Waals surface area contributed by atoms with Crippen molar-refractivity contribution in [2.24, 2.45) is 5.92 Å². The molecule has 1 heterocycles. The molecule has 8 heteroatoms. The average molecular weight is 376 g/mol. The highest BCUT2D eigenvalue weighted by molar-refractivity contribution is 7.91. The Morgan fingerprint density at radius 1 is 1.04 bits per heavy atom. The summed E-state index contributed by atoms with van der Waals surface area (Å²) in [6, 6.07) is 13.3. The maximum absolute atomic E-state index is 11.8. The minimum Gasteiger partial charge on any atom is -0.484 e. The van der Waals surface area contributed by atoms with E-state index in [0.29, 0.717) is 12.2 Å². The highest BCUT2D eigenvalue weighted by atomic mass is 32.2. The third-order valence-electron chi connectivity index (χ3n) is 4.23. The number of ether oxygens (including phenoxy) is 1. The molecule has 1 aliphatic rings. The highest BCUT2D eigenvalue weighted by Gasteiger charge is 2.29. The van der Waals surface area contributed by atoms with E-state index in [1.807, 2.05) is 36.4 Å². The molecule has 1 saturated heterocycles. The maximum atomic E-state index is 11.8. The van der Waals surface area contributed by atoms with Gasteiger partial charge in [-0.3, -0.25) is 20.4 Å². The van der Waals surface area contributed by atoms with Gasteiger partial charge in [0.05, 0.1) is 11.5 Å². The Hall–Kier alpha value is -2.61. The zero-order chi connectivity index (χ0) is 18.6. The number of carbonyl (C=O) groups is 2. The largest absolute Gasteiger partial charge is 0.484 e. The predicted molar refractivity (Wildman–Crippen MR) is 97.1 cm³/mol. The molecule has 1 fully saturated rings. The van der Waals surface area contributed by atoms with Crippen molar-refractivity contribution >= 4 is 32.4 Å². The van der Waals surface area contributed by atoms with E-state index < -0.39 is 21.7 Å². The molecule has 1 aliphatic heterocycles. The van der Waals surface area contributed by atoms with Gasteiger partial charge < -0.3 is 4.74 Å². The van der Waals surface area contributed by atoms with Crippen LogP contribution >= 0.6 is 0 Å². The fourth-order valence-corrected chi connectivity index (χ4v) is 4.79. The van der Waals surface area contributed by atoms with Crippen molar-refractivity contribution in [2.45, 2.75) is 12.8 Å². The van der Waals surface area contributed by atoms with Crippen LogP contribution in [0.1, 0.15) is 12.8 Å². The molecule has 0 aliphatic carbocycles. The Bertz CT molecular complexity index is 926. The van der Waals surface area contributed by atoms with Crippen molar-refractivity contribution < 1.29 is 22.7 Å². The molecule has 2 aromatic rings. The second kappa shape index (κ2) is 7.74. The van der Waals surface area contributed by atoms with Gasteiger partial charge in [0, 0.05) is 6.42 Å². The first-order valence-corrected chi connectivity index (χ1v) is 10.1. The number of hydrazine groups is 1. The number of sulfone groups is 1. The van der Waals surface area contributed by atoms with Gasteiger partial charge in [-0.2, -0.15) is 0 Å². The summed E-state index contributed by atoms with van der Waals surface area (Å²) in [7, 11) is -3.01. The lowest BCUT2D eigenvalue weighted by Crippen LogP contribution is -2.44. The van der Waals surface area contributed by atoms with Gasteiger partial charge in [0.15, 0.2) is 16.4 Å². The van der Waals surface area contributed by atoms with Gasteiger partial charge in [-0.05, 0) is 35.2 Å². The van der Waals surface area contributed by atoms with Gasteiger partial charge in [0.2, 0.25) is 5.91 Å². The van der Waals surface area contributed by atoms with E-state index in [-0.39, 0.29) is 30.5 Å². The minimum absolute atomic E-state index is 0.0272. The summed E-state index contributed by atoms with van der Waals surface area (Å²) in [6.45, 7) is -0.240. The Kier molecular flexibility index (Phi) is 5.41. The first-order chi connectivity index (χ1) is 12.4. The van der Waals surface area contributed by atoms with Crippen molar-refractivity contribution in [1.82, 2.24) is 10.9 Å². The van der Waals surface area contributed by atoms with Crippen molar-refractivity contribution in [3.8, 4) is 5.75 Å². The van der Waals surface area contributed by atoms with Gasteiger partial charge in [-0.25, -0.2) is 8.42 Å². The third kappa shape index (κ3) is 4.95. The smallest absolute Gasteiger partial charge is 0.276 e. The highest BCUT2D eigenvalue weighted by Crippen LogP contribution is 2.21. The van der Waals surface area contributed by atoms with Crippen molar-refractivity contribution in [2.75, 3.05) is 18.1 Å². The first kappa shape index (κ1) is 18.2. The van der Waals surface area contributed by atoms with Gasteiger partial charge in [0.25, 0.3) is 5.91 Å². The summed E-state index contributed by atoms with van der Waals surface area (Å²) in [5.74, 6) is -0.389. The van der Waals surface area contributed by atoms with Gasteiger partial charge in [0.1, 0.15) is 5.75 Å². The monoisotopic (exact) mass is 376 g/mol. The summed E-state index contributed by atoms with van der Waals surface area (Å²) in [5.41, 5.74) is 4.56. The van der Waals surface area contributed by atoms with E-state index in [2.05, 4.69) is 10.9 Å². The van der Waals surface area contributed by atoms with Crippen LogP contribution in [0.15, 0.2) is 42.5 Å². The van der Waals surface area contributed by atoms with Crippen LogP contribution in [0.3, 0.4) is 0 Å². The van der Waals surface area contributed by atoms with Crippen LogP contribution in [0.2, 0.25) is 0 Å². The molecule has 2 N–H and O–H groups in total. The molecule has 7 nitrogen and oxygen atoms in total. The molecular formula is C18H20N2O5S. The number of amides is 2. The Balaban J connectivity index is 1.41. The lowest BCUT2D eigenvalue weighted by molar-refractivity contribution is -0.130. The second-order valence-corrected chi connectivity index (χ2v) is 8.60. The lowest BCUT2D eigenvalue weighted by Gasteiger charge is -2.11. The molecule has 1 unspecified atom stereocenters. The summed E-state index contributed by atoms with van der Waals surface area (Å²) in [4.78, 5) is 23.6. The van der Waals surface area contributed by atoms with Crippen LogP contribution in [0, 0.1) is 5.92 Å². The lowest BCUT2D eigenvalue weighted by atomic mass is 10.1. The van der Waals surface area contributed by atoms with Crippen LogP contribution in [0.5, 0.6) is 5.75 Å². The van der Waals surface area contributed by atoms with Gasteiger partial charge >= 0.3 is 0 Å². The molecule has 0 bridgehead atoms. The first-order valence-electron chi connectivity index (χ1n) is 8.31. The molecule has 0 aromatic heterocycles. The number of fused-ring (bicyclic) bond motifs is 1. The van der Waals surface area contributed by atoms with E-state index >= 15 is 0 Å². The molecule has 0 spiro atoms. The molecule has 2 amide bonds. The fraction of sp³-hybridized carbons (Fsp3) is 0.333. The second-order valence-electron chi connectivity index (χ2n) is 6.37. The molecule has 1 atom stereocenters. The van der Waals surface area contributed by atoms with Crippen molar-refractivity contribution in [3.05, 3.63) is 42.5 Å². The van der Waals surface area contributed by atoms with Crippen LogP contribution < -0.4 is 15.6 Å². The Morgan fingerprint density at radius 2 is 1.77 bits per heavy atom. The number of benzene rings is 2. The quantitative estimate of drug-likeness (QED) is 0.764. The molecule has 3 rings (SSSR count). The number of carbonyl (C=O) groups excluding carboxylic acids is 2. The van der Waals surface area contributed by atoms with Crippen LogP contribution in [-0.4, -0.2) is 38.3 Å². The third-order valence-corrected chi connectivity index (χ3v) is 6.07. The van der Waals surface area contributed by atoms with Gasteiger partial charge in [-0.15, -0.1) is 0 Å². The number of rotatable bonds is 5. The zero-order valence-electron chi connectivity index (χ0n) is 14.1. The average Bonchev–Trinajstić information content (AvgIpc) is 2.96. The fourth-order valence-electron chi connectivity index (χ4n) is 2.93. The van der Waals surface area contributed by atoms with Crippen LogP contribution in [0.4, 0.5) is 0 Å². The topological polar surface area (TPSA) is 102 Å². The minimum atomic E-state index is -3.01. The summed E-state index contributed by atoms with van der Waals surface area (Å²) in [5, 5.41) is 2.08. The molecule has 0 radical (unpaired) electrons. The summed E-state index contributed by atoms with van der Waals surface area (Å²) in [6.07, 6.45) is 0.555. The number of hydrogen-bond acceptors (Lipinski definition) is 5. The maximum Gasteiger partial charge on any atom is 0.276 e.